The molecule has 1 heteroatoms. The molecular formula is C9H11Li. The molecule has 48 valence electrons. The Labute approximate surface area is 71.8 Å². The van der Waals surface area contributed by atoms with Gasteiger partial charge in [0.15, 0.2) is 0 Å². The Hall–Kier alpha value is -0.183. The van der Waals surface area contributed by atoms with Gasteiger partial charge < -0.3 is 0 Å². The van der Waals surface area contributed by atoms with E-state index in [1.807, 2.05) is 0 Å². The molecule has 0 fully saturated rings. The molecule has 0 aromatic heterocycles. The Morgan fingerprint density at radius 2 is 1.40 bits per heavy atom. The SMILES string of the molecule is [Li][c]1c(C)cc(C)cc1C. The van der Waals surface area contributed by atoms with Gasteiger partial charge in [-0.15, -0.1) is 0 Å². The van der Waals surface area contributed by atoms with Gasteiger partial charge in [0.2, 0.25) is 0 Å². The molecule has 1 aromatic rings. The first kappa shape index (κ1) is 7.92. The van der Waals surface area contributed by atoms with Crippen molar-refractivity contribution in [3.8, 4) is 0 Å². The predicted octanol–water partition coefficient (Wildman–Crippen LogP) is 1.41. The molecule has 0 aliphatic heterocycles. The van der Waals surface area contributed by atoms with Gasteiger partial charge in [-0.05, 0) is 0 Å². The van der Waals surface area contributed by atoms with Crippen molar-refractivity contribution < 1.29 is 0 Å². The molecule has 0 saturated carbocycles. The number of hydrogen-bond acceptors (Lipinski definition) is 0. The summed E-state index contributed by atoms with van der Waals surface area (Å²) < 4.78 is 1.42. The van der Waals surface area contributed by atoms with Crippen molar-refractivity contribution >= 4 is 22.0 Å². The number of hydrogen-bond donors (Lipinski definition) is 0. The second kappa shape index (κ2) is 2.82. The van der Waals surface area contributed by atoms with Crippen LogP contribution in [0.15, 0.2) is 12.1 Å². The fraction of sp³-hybridized carbons (Fsp3) is 0.333. The van der Waals surface area contributed by atoms with Gasteiger partial charge in [-0.3, -0.25) is 0 Å². The van der Waals surface area contributed by atoms with E-state index >= 15 is 0 Å². The van der Waals surface area contributed by atoms with Crippen LogP contribution in [0.5, 0.6) is 0 Å². The normalized spacial score (nSPS) is 10.1. The molecule has 0 heterocycles. The van der Waals surface area contributed by atoms with E-state index in [1.54, 1.807) is 0 Å². The number of aryl methyl sites for hydroxylation is 3. The van der Waals surface area contributed by atoms with E-state index in [0.29, 0.717) is 0 Å². The third kappa shape index (κ3) is 1.45. The van der Waals surface area contributed by atoms with Crippen LogP contribution in [0.4, 0.5) is 0 Å². The minimum absolute atomic E-state index is 1.36. The monoisotopic (exact) mass is 126 g/mol. The Bertz CT molecular complexity index is 228. The first-order valence-electron chi connectivity index (χ1n) is 3.65. The van der Waals surface area contributed by atoms with Gasteiger partial charge in [-0.1, -0.05) is 0 Å². The Morgan fingerprint density at radius 3 is 1.80 bits per heavy atom. The summed E-state index contributed by atoms with van der Waals surface area (Å²) in [7, 11) is 0. The molecular weight excluding hydrogens is 115 g/mol. The third-order valence-electron chi connectivity index (χ3n) is 2.07. The van der Waals surface area contributed by atoms with E-state index in [9.17, 15) is 0 Å². The zero-order chi connectivity index (χ0) is 7.72. The molecule has 1 aromatic carbocycles. The van der Waals surface area contributed by atoms with Gasteiger partial charge in [0.1, 0.15) is 0 Å². The van der Waals surface area contributed by atoms with E-state index in [2.05, 4.69) is 50.6 Å². The van der Waals surface area contributed by atoms with Crippen molar-refractivity contribution in [2.45, 2.75) is 20.8 Å². The summed E-state index contributed by atoms with van der Waals surface area (Å²) >= 11 is 2.17. The van der Waals surface area contributed by atoms with Gasteiger partial charge in [0.05, 0.1) is 0 Å². The van der Waals surface area contributed by atoms with E-state index < -0.39 is 0 Å². The first-order chi connectivity index (χ1) is 4.61. The van der Waals surface area contributed by atoms with Crippen LogP contribution >= 0.6 is 0 Å². The third-order valence-corrected chi connectivity index (χ3v) is 2.07. The molecule has 0 aliphatic rings. The Morgan fingerprint density at radius 1 is 1.00 bits per heavy atom. The summed E-state index contributed by atoms with van der Waals surface area (Å²) in [6.45, 7) is 6.46. The average molecular weight is 126 g/mol. The van der Waals surface area contributed by atoms with Crippen LogP contribution in [0, 0.1) is 20.8 Å². The first-order valence-corrected chi connectivity index (χ1v) is 3.65. The summed E-state index contributed by atoms with van der Waals surface area (Å²) in [5.74, 6) is 0. The molecule has 0 aliphatic carbocycles. The number of rotatable bonds is 0. The fourth-order valence-electron chi connectivity index (χ4n) is 1.25. The molecule has 10 heavy (non-hydrogen) atoms. The molecule has 0 bridgehead atoms. The van der Waals surface area contributed by atoms with Crippen LogP contribution in [0.3, 0.4) is 0 Å². The Balaban J connectivity index is 3.31. The quantitative estimate of drug-likeness (QED) is 0.461. The average Bonchev–Trinajstić information content (AvgIpc) is 1.82. The van der Waals surface area contributed by atoms with Gasteiger partial charge in [0.25, 0.3) is 0 Å². The van der Waals surface area contributed by atoms with Crippen molar-refractivity contribution in [3.05, 3.63) is 28.8 Å². The van der Waals surface area contributed by atoms with E-state index in [4.69, 9.17) is 0 Å². The van der Waals surface area contributed by atoms with Crippen LogP contribution in [0.1, 0.15) is 16.7 Å². The second-order valence-corrected chi connectivity index (χ2v) is 3.02. The van der Waals surface area contributed by atoms with Crippen LogP contribution in [0.2, 0.25) is 0 Å². The van der Waals surface area contributed by atoms with E-state index in [0.717, 1.165) is 0 Å². The van der Waals surface area contributed by atoms with Crippen molar-refractivity contribution in [2.75, 3.05) is 0 Å². The summed E-state index contributed by atoms with van der Waals surface area (Å²) in [5, 5.41) is 0. The van der Waals surface area contributed by atoms with Gasteiger partial charge in [-0.2, -0.15) is 0 Å². The van der Waals surface area contributed by atoms with Crippen molar-refractivity contribution in [1.29, 1.82) is 0 Å². The van der Waals surface area contributed by atoms with Gasteiger partial charge in [0, 0.05) is 0 Å². The summed E-state index contributed by atoms with van der Waals surface area (Å²) in [6, 6.07) is 4.45. The van der Waals surface area contributed by atoms with Gasteiger partial charge in [-0.25, -0.2) is 0 Å². The van der Waals surface area contributed by atoms with E-state index in [1.165, 1.54) is 20.9 Å². The molecule has 0 unspecified atom stereocenters. The fourth-order valence-corrected chi connectivity index (χ4v) is 1.25. The van der Waals surface area contributed by atoms with Gasteiger partial charge >= 0.3 is 71.5 Å². The molecule has 0 spiro atoms. The van der Waals surface area contributed by atoms with Crippen molar-refractivity contribution in [3.63, 3.8) is 0 Å². The molecule has 0 amide bonds. The topological polar surface area (TPSA) is 0 Å². The summed E-state index contributed by atoms with van der Waals surface area (Å²) in [5.41, 5.74) is 4.16. The maximum atomic E-state index is 2.22. The molecule has 0 nitrogen and oxygen atoms in total. The van der Waals surface area contributed by atoms with Crippen LogP contribution < -0.4 is 4.24 Å². The molecule has 0 atom stereocenters. The zero-order valence-electron chi connectivity index (χ0n) is 7.15. The Kier molecular flexibility index (Phi) is 2.24. The van der Waals surface area contributed by atoms with Crippen molar-refractivity contribution in [2.24, 2.45) is 0 Å². The second-order valence-electron chi connectivity index (χ2n) is 3.02. The molecule has 0 N–H and O–H groups in total. The van der Waals surface area contributed by atoms with Crippen molar-refractivity contribution in [1.82, 2.24) is 0 Å². The molecule has 0 saturated heterocycles. The zero-order valence-corrected chi connectivity index (χ0v) is 7.15. The molecule has 1 rings (SSSR count). The van der Waals surface area contributed by atoms with Crippen LogP contribution in [-0.4, -0.2) is 17.7 Å². The standard InChI is InChI=1S/C9H11.Li/c1-7-4-8(2)6-9(3)5-7;/h4-5H,1-3H3;. The van der Waals surface area contributed by atoms with Crippen LogP contribution in [-0.2, 0) is 0 Å². The summed E-state index contributed by atoms with van der Waals surface area (Å²) in [6.07, 6.45) is 0. The van der Waals surface area contributed by atoms with E-state index in [-0.39, 0.29) is 0 Å². The minimum atomic E-state index is 1.36. The molecule has 0 radical (unpaired) electrons. The maximum absolute atomic E-state index is 2.22. The summed E-state index contributed by atoms with van der Waals surface area (Å²) in [4.78, 5) is 0. The predicted molar refractivity (Wildman–Crippen MR) is 46.0 cm³/mol. The van der Waals surface area contributed by atoms with Crippen LogP contribution in [0.25, 0.3) is 0 Å². The number of benzene rings is 1.